The summed E-state index contributed by atoms with van der Waals surface area (Å²) >= 11 is 0.750. The number of rotatable bonds is 2. The van der Waals surface area contributed by atoms with Crippen molar-refractivity contribution < 1.29 is 78.1 Å². The molecule has 0 fully saturated rings. The van der Waals surface area contributed by atoms with E-state index in [9.17, 15) is 9.59 Å². The molecule has 0 aliphatic carbocycles. The van der Waals surface area contributed by atoms with E-state index >= 15 is 0 Å². The molecular formula is C6H5CdNaO4S. The topological polar surface area (TPSA) is 74.6 Å². The van der Waals surface area contributed by atoms with E-state index in [2.05, 4.69) is 0 Å². The Morgan fingerprint density at radius 2 is 1.46 bits per heavy atom. The number of carbonyl (C=O) groups is 2. The summed E-state index contributed by atoms with van der Waals surface area (Å²) in [5.74, 6) is -2.19. The van der Waals surface area contributed by atoms with Gasteiger partial charge in [-0.1, -0.05) is 0 Å². The van der Waals surface area contributed by atoms with Crippen LogP contribution in [0.1, 0.15) is 20.8 Å². The summed E-state index contributed by atoms with van der Waals surface area (Å²) in [7, 11) is 0. The fraction of sp³-hybridized carbons (Fsp3) is 0. The molecular weight excluding hydrogens is 304 g/mol. The summed E-state index contributed by atoms with van der Waals surface area (Å²) in [4.78, 5) is 20.6. The third-order valence-electron chi connectivity index (χ3n) is 1.03. The fourth-order valence-corrected chi connectivity index (χ4v) is 1.25. The van der Waals surface area contributed by atoms with E-state index in [1.54, 1.807) is 0 Å². The standard InChI is InChI=1S/C6H4O4S.Cd.Na.H/c7-5(8)3-1-2-4(11-3)6(9)10;;;/h1-2H,(H,7,8)(H,9,10);;;/q;;+1;-1. The molecule has 0 saturated heterocycles. The van der Waals surface area contributed by atoms with Gasteiger partial charge in [-0.25, -0.2) is 9.59 Å². The zero-order valence-electron chi connectivity index (χ0n) is 7.98. The molecule has 0 atom stereocenters. The molecule has 0 radical (unpaired) electrons. The van der Waals surface area contributed by atoms with E-state index in [0.29, 0.717) is 0 Å². The minimum atomic E-state index is -1.09. The molecule has 1 aromatic rings. The molecule has 0 unspecified atom stereocenters. The van der Waals surface area contributed by atoms with E-state index in [-0.39, 0.29) is 68.0 Å². The van der Waals surface area contributed by atoms with Gasteiger partial charge in [-0.2, -0.15) is 0 Å². The molecule has 2 N–H and O–H groups in total. The minimum absolute atomic E-state index is 0. The average Bonchev–Trinajstić information content (AvgIpc) is 2.33. The first-order valence-electron chi connectivity index (χ1n) is 2.67. The van der Waals surface area contributed by atoms with Gasteiger partial charge in [0.05, 0.1) is 0 Å². The Balaban J connectivity index is -0.000000403. The summed E-state index contributed by atoms with van der Waals surface area (Å²) < 4.78 is 0. The van der Waals surface area contributed by atoms with Gasteiger partial charge >= 0.3 is 41.5 Å². The number of carboxylic acids is 2. The van der Waals surface area contributed by atoms with Crippen LogP contribution in [0.3, 0.4) is 0 Å². The molecule has 0 aromatic carbocycles. The van der Waals surface area contributed by atoms with Crippen molar-refractivity contribution in [1.29, 1.82) is 0 Å². The van der Waals surface area contributed by atoms with Crippen LogP contribution >= 0.6 is 11.3 Å². The zero-order chi connectivity index (χ0) is 8.43. The van der Waals surface area contributed by atoms with Crippen molar-refractivity contribution in [2.75, 3.05) is 0 Å². The normalized spacial score (nSPS) is 8.00. The molecule has 0 bridgehead atoms. The van der Waals surface area contributed by atoms with Gasteiger partial charge in [0, 0.05) is 27.3 Å². The van der Waals surface area contributed by atoms with Gasteiger partial charge in [0.2, 0.25) is 0 Å². The first kappa shape index (κ1) is 16.0. The van der Waals surface area contributed by atoms with Crippen molar-refractivity contribution >= 4 is 23.3 Å². The number of thiophene rings is 1. The van der Waals surface area contributed by atoms with E-state index in [1.165, 1.54) is 12.1 Å². The Hall–Kier alpha value is 0.562. The summed E-state index contributed by atoms with van der Waals surface area (Å²) in [6.45, 7) is 0. The van der Waals surface area contributed by atoms with Crippen molar-refractivity contribution in [3.8, 4) is 0 Å². The summed E-state index contributed by atoms with van der Waals surface area (Å²) in [6.07, 6.45) is 0. The van der Waals surface area contributed by atoms with E-state index in [0.717, 1.165) is 11.3 Å². The smallest absolute Gasteiger partial charge is 1.00 e. The third-order valence-corrected chi connectivity index (χ3v) is 2.09. The van der Waals surface area contributed by atoms with Gasteiger partial charge in [-0.15, -0.1) is 11.3 Å². The maximum absolute atomic E-state index is 10.3. The first-order valence-corrected chi connectivity index (χ1v) is 3.49. The maximum atomic E-state index is 10.3. The van der Waals surface area contributed by atoms with Gasteiger partial charge in [0.25, 0.3) is 0 Å². The molecule has 7 heteroatoms. The van der Waals surface area contributed by atoms with Gasteiger partial charge in [0.1, 0.15) is 9.75 Å². The molecule has 0 aliphatic rings. The largest absolute Gasteiger partial charge is 1.00 e. The van der Waals surface area contributed by atoms with Crippen LogP contribution in [0, 0.1) is 0 Å². The number of hydrogen-bond donors (Lipinski definition) is 2. The molecule has 0 spiro atoms. The van der Waals surface area contributed by atoms with Crippen molar-refractivity contribution in [3.05, 3.63) is 21.9 Å². The molecule has 0 amide bonds. The van der Waals surface area contributed by atoms with Crippen molar-refractivity contribution in [1.82, 2.24) is 0 Å². The van der Waals surface area contributed by atoms with Crippen LogP contribution in [-0.4, -0.2) is 22.2 Å². The molecule has 1 heterocycles. The summed E-state index contributed by atoms with van der Waals surface area (Å²) in [5, 5.41) is 16.8. The van der Waals surface area contributed by atoms with Gasteiger partial charge in [-0.05, 0) is 12.1 Å². The van der Waals surface area contributed by atoms with E-state index in [4.69, 9.17) is 10.2 Å². The Morgan fingerprint density at radius 3 is 1.62 bits per heavy atom. The van der Waals surface area contributed by atoms with Crippen LogP contribution in [0.25, 0.3) is 0 Å². The van der Waals surface area contributed by atoms with Crippen LogP contribution in [0.2, 0.25) is 0 Å². The monoisotopic (exact) mass is 310 g/mol. The first-order chi connectivity index (χ1) is 5.11. The van der Waals surface area contributed by atoms with E-state index < -0.39 is 11.9 Å². The van der Waals surface area contributed by atoms with Crippen molar-refractivity contribution in [3.63, 3.8) is 0 Å². The van der Waals surface area contributed by atoms with Crippen molar-refractivity contribution in [2.45, 2.75) is 0 Å². The Morgan fingerprint density at radius 1 is 1.15 bits per heavy atom. The van der Waals surface area contributed by atoms with Crippen molar-refractivity contribution in [2.24, 2.45) is 0 Å². The Labute approximate surface area is 122 Å². The zero-order valence-corrected chi connectivity index (χ0v) is 13.8. The molecule has 1 aromatic heterocycles. The average molecular weight is 309 g/mol. The third kappa shape index (κ3) is 4.54. The van der Waals surface area contributed by atoms with Gasteiger partial charge < -0.3 is 11.6 Å². The van der Waals surface area contributed by atoms with Crippen LogP contribution in [0.4, 0.5) is 0 Å². The van der Waals surface area contributed by atoms with Gasteiger partial charge in [0.15, 0.2) is 0 Å². The Bertz CT molecular complexity index is 288. The van der Waals surface area contributed by atoms with Crippen LogP contribution in [-0.2, 0) is 27.3 Å². The number of aromatic carboxylic acids is 2. The molecule has 0 aliphatic heterocycles. The molecule has 62 valence electrons. The van der Waals surface area contributed by atoms with Gasteiger partial charge in [-0.3, -0.25) is 0 Å². The van der Waals surface area contributed by atoms with Crippen LogP contribution < -0.4 is 29.6 Å². The molecule has 0 saturated carbocycles. The number of carboxylic acid groups (broad SMARTS) is 2. The van der Waals surface area contributed by atoms with Crippen LogP contribution in [0.5, 0.6) is 0 Å². The van der Waals surface area contributed by atoms with Crippen LogP contribution in [0.15, 0.2) is 12.1 Å². The quantitative estimate of drug-likeness (QED) is 0.636. The molecule has 13 heavy (non-hydrogen) atoms. The predicted molar refractivity (Wildman–Crippen MR) is 39.3 cm³/mol. The Kier molecular flexibility index (Phi) is 8.54. The summed E-state index contributed by atoms with van der Waals surface area (Å²) in [5.41, 5.74) is 0. The van der Waals surface area contributed by atoms with E-state index in [1.807, 2.05) is 0 Å². The number of hydrogen-bond acceptors (Lipinski definition) is 3. The minimum Gasteiger partial charge on any atom is -1.00 e. The summed E-state index contributed by atoms with van der Waals surface area (Å²) in [6, 6.07) is 2.55. The second-order valence-electron chi connectivity index (χ2n) is 1.77. The maximum Gasteiger partial charge on any atom is 1.00 e. The molecule has 1 rings (SSSR count). The SMILES string of the molecule is O=C(O)c1ccc(C(=O)O)s1.[Cd].[H-].[Na+]. The second-order valence-corrected chi connectivity index (χ2v) is 2.86. The second kappa shape index (κ2) is 6.93. The fourth-order valence-electron chi connectivity index (χ4n) is 0.568. The molecule has 4 nitrogen and oxygen atoms in total. The predicted octanol–water partition coefficient (Wildman–Crippen LogP) is -1.74.